The van der Waals surface area contributed by atoms with Crippen LogP contribution in [0.5, 0.6) is 0 Å². The average Bonchev–Trinajstić information content (AvgIpc) is 0.930. The van der Waals surface area contributed by atoms with Gasteiger partial charge >= 0.3 is 11.9 Å². The zero-order valence-corrected chi connectivity index (χ0v) is 58.0. The predicted octanol–water partition coefficient (Wildman–Crippen LogP) is 18.4. The summed E-state index contributed by atoms with van der Waals surface area (Å²) >= 11 is 0. The maximum absolute atomic E-state index is 13.0. The second kappa shape index (κ2) is 31.2. The summed E-state index contributed by atoms with van der Waals surface area (Å²) in [5, 5.41) is 18.2. The van der Waals surface area contributed by atoms with E-state index in [4.69, 9.17) is 10.2 Å². The predicted molar refractivity (Wildman–Crippen MR) is 417 cm³/mol. The molecule has 12 aromatic rings. The molecular formula is C94H70N2O10. The smallest absolute Gasteiger partial charge is 0.328 e. The maximum atomic E-state index is 13.0. The Morgan fingerprint density at radius 3 is 0.802 bits per heavy atom. The third-order valence-electron chi connectivity index (χ3n) is 19.7. The van der Waals surface area contributed by atoms with Gasteiger partial charge in [0.15, 0.2) is 11.6 Å². The Morgan fingerprint density at radius 2 is 0.519 bits per heavy atom. The summed E-state index contributed by atoms with van der Waals surface area (Å²) in [7, 11) is 0. The van der Waals surface area contributed by atoms with Crippen LogP contribution in [-0.4, -0.2) is 57.3 Å². The van der Waals surface area contributed by atoms with Gasteiger partial charge in [-0.2, -0.15) is 0 Å². The Labute approximate surface area is 614 Å². The van der Waals surface area contributed by atoms with Crippen LogP contribution in [0.4, 0.5) is 11.4 Å². The number of ketones is 2. The Kier molecular flexibility index (Phi) is 20.8. The largest absolute Gasteiger partial charge is 0.478 e. The number of benzene rings is 12. The molecule has 106 heavy (non-hydrogen) atoms. The van der Waals surface area contributed by atoms with Crippen LogP contribution in [0.15, 0.2) is 352 Å². The maximum Gasteiger partial charge on any atom is 0.328 e. The first-order chi connectivity index (χ1) is 51.4. The molecule has 0 spiro atoms. The molecule has 12 aromatic carbocycles. The number of amides is 4. The number of carbonyl (C=O) groups is 8. The van der Waals surface area contributed by atoms with E-state index in [0.717, 1.165) is 136 Å². The third kappa shape index (κ3) is 15.1. The summed E-state index contributed by atoms with van der Waals surface area (Å²) < 4.78 is 0. The van der Waals surface area contributed by atoms with Crippen molar-refractivity contribution >= 4 is 58.5 Å². The van der Waals surface area contributed by atoms with Crippen LogP contribution in [0, 0.1) is 0 Å². The Morgan fingerprint density at radius 1 is 0.283 bits per heavy atom. The van der Waals surface area contributed by atoms with E-state index in [9.17, 15) is 38.4 Å². The molecule has 0 bridgehead atoms. The van der Waals surface area contributed by atoms with Gasteiger partial charge in [0.05, 0.1) is 11.4 Å². The molecule has 0 atom stereocenters. The fraction of sp³-hybridized carbons (Fsp3) is 0.0638. The van der Waals surface area contributed by atoms with E-state index in [1.807, 2.05) is 206 Å². The van der Waals surface area contributed by atoms with Crippen molar-refractivity contribution in [2.45, 2.75) is 37.5 Å². The van der Waals surface area contributed by atoms with Crippen molar-refractivity contribution in [1.82, 2.24) is 0 Å². The van der Waals surface area contributed by atoms with Crippen molar-refractivity contribution < 1.29 is 48.6 Å². The molecule has 2 heterocycles. The first-order valence-electron chi connectivity index (χ1n) is 34.5. The second-order valence-electron chi connectivity index (χ2n) is 26.1. The summed E-state index contributed by atoms with van der Waals surface area (Å²) in [5.74, 6) is -4.57. The molecule has 14 rings (SSSR count). The molecule has 0 unspecified atom stereocenters. The van der Waals surface area contributed by atoms with Crippen molar-refractivity contribution in [2.24, 2.45) is 0 Å². The Bertz CT molecular complexity index is 5190. The molecule has 12 heteroatoms. The van der Waals surface area contributed by atoms with E-state index in [1.165, 1.54) is 34.1 Å². The lowest BCUT2D eigenvalue weighted by atomic mass is 9.69. The number of allylic oxidation sites excluding steroid dienone is 2. The first-order valence-corrected chi connectivity index (χ1v) is 34.5. The lowest BCUT2D eigenvalue weighted by Gasteiger charge is -2.34. The first kappa shape index (κ1) is 70.6. The molecule has 2 N–H and O–H groups in total. The molecule has 0 aliphatic carbocycles. The normalized spacial score (nSPS) is 12.8. The minimum Gasteiger partial charge on any atom is -0.478 e. The number of carboxylic acid groups (broad SMARTS) is 2. The zero-order valence-electron chi connectivity index (χ0n) is 58.0. The van der Waals surface area contributed by atoms with Gasteiger partial charge in [0.2, 0.25) is 0 Å². The number of rotatable bonds is 22. The van der Waals surface area contributed by atoms with Gasteiger partial charge in [0.1, 0.15) is 0 Å². The van der Waals surface area contributed by atoms with Crippen LogP contribution in [-0.2, 0) is 62.0 Å². The van der Waals surface area contributed by atoms with E-state index in [0.29, 0.717) is 11.4 Å². The highest BCUT2D eigenvalue weighted by Gasteiger charge is 2.38. The molecule has 0 saturated heterocycles. The Balaban J connectivity index is 0.000000188. The number of carboxylic acids is 2. The van der Waals surface area contributed by atoms with Gasteiger partial charge in [0, 0.05) is 71.3 Å². The van der Waals surface area contributed by atoms with Crippen LogP contribution >= 0.6 is 0 Å². The monoisotopic (exact) mass is 1390 g/mol. The lowest BCUT2D eigenvalue weighted by molar-refractivity contribution is -0.132. The van der Waals surface area contributed by atoms with Crippen LogP contribution in [0.25, 0.3) is 66.8 Å². The van der Waals surface area contributed by atoms with Crippen LogP contribution in [0.2, 0.25) is 0 Å². The molecular weight excluding hydrogens is 1320 g/mol. The molecule has 4 amide bonds. The molecule has 2 aliphatic rings. The summed E-state index contributed by atoms with van der Waals surface area (Å²) in [6.07, 6.45) is 9.13. The molecule has 0 saturated carbocycles. The number of anilines is 2. The molecule has 516 valence electrons. The number of hydrogen-bond acceptors (Lipinski definition) is 8. The van der Waals surface area contributed by atoms with Gasteiger partial charge in [-0.25, -0.2) is 19.4 Å². The fourth-order valence-corrected chi connectivity index (χ4v) is 14.0. The van der Waals surface area contributed by atoms with Crippen LogP contribution < -0.4 is 9.80 Å². The van der Waals surface area contributed by atoms with Gasteiger partial charge in [-0.3, -0.25) is 28.8 Å². The van der Waals surface area contributed by atoms with Crippen molar-refractivity contribution in [3.8, 4) is 66.8 Å². The highest BCUT2D eigenvalue weighted by Crippen LogP contribution is 2.48. The zero-order chi connectivity index (χ0) is 73.9. The molecule has 0 radical (unpaired) electrons. The van der Waals surface area contributed by atoms with Crippen LogP contribution in [0.3, 0.4) is 0 Å². The van der Waals surface area contributed by atoms with Gasteiger partial charge in [0.25, 0.3) is 23.6 Å². The summed E-state index contributed by atoms with van der Waals surface area (Å²) in [4.78, 5) is 102. The van der Waals surface area contributed by atoms with Crippen molar-refractivity contribution in [2.75, 3.05) is 9.80 Å². The second-order valence-corrected chi connectivity index (χ2v) is 26.1. The van der Waals surface area contributed by atoms with Gasteiger partial charge in [-0.15, -0.1) is 0 Å². The topological polar surface area (TPSA) is 183 Å². The van der Waals surface area contributed by atoms with E-state index < -0.39 is 46.4 Å². The Hall–Kier alpha value is -13.8. The molecule has 0 fully saturated rings. The summed E-state index contributed by atoms with van der Waals surface area (Å²) in [5.41, 5.74) is 17.8. The van der Waals surface area contributed by atoms with E-state index in [1.54, 1.807) is 0 Å². The van der Waals surface area contributed by atoms with Crippen LogP contribution in [0.1, 0.15) is 58.4 Å². The minimum atomic E-state index is -1.18. The number of hydrogen-bond donors (Lipinski definition) is 2. The third-order valence-corrected chi connectivity index (χ3v) is 19.7. The van der Waals surface area contributed by atoms with Gasteiger partial charge in [-0.05, 0) is 163 Å². The number of carbonyl (C=O) groups excluding carboxylic acids is 6. The number of aliphatic carboxylic acids is 2. The van der Waals surface area contributed by atoms with E-state index >= 15 is 0 Å². The SMILES string of the molecule is CC(c1ccc(-c2ccccc2)cc1)(c1ccc(CC(=O)/C=C/C(=O)O)c(-c2ccccc2)c1)c1ccc(CC(=O)/C=C/C(=O)O)c(-c2ccccc2)c1.CC(c1ccc(-c2ccccc2)cc1)(c1ccc(N2C(=O)C=CC2=O)c(-c2ccccc2)c1)c1ccc(N2C(=O)C=CC2=O)c(-c2ccccc2)c1. The summed E-state index contributed by atoms with van der Waals surface area (Å²) in [6, 6.07) is 100. The highest BCUT2D eigenvalue weighted by atomic mass is 16.4. The number of nitrogens with zero attached hydrogens (tertiary/aromatic N) is 2. The quantitative estimate of drug-likeness (QED) is 0.0376. The minimum absolute atomic E-state index is 0.0218. The molecule has 0 aromatic heterocycles. The molecule has 12 nitrogen and oxygen atoms in total. The van der Waals surface area contributed by atoms with Crippen molar-refractivity contribution in [1.29, 1.82) is 0 Å². The average molecular weight is 1390 g/mol. The molecule has 2 aliphatic heterocycles. The highest BCUT2D eigenvalue weighted by molar-refractivity contribution is 6.30. The fourth-order valence-electron chi connectivity index (χ4n) is 14.0. The number of imide groups is 2. The van der Waals surface area contributed by atoms with E-state index in [2.05, 4.69) is 111 Å². The standard InChI is InChI=1S/C48H38O6.C46H32N2O4/c1-48(39-21-17-34(18-22-39)33-11-5-2-6-12-33,40-23-19-37(29-42(49)25-27-46(51)52)44(31-40)35-13-7-3-8-14-35)41-24-20-38(30-43(50)26-28-47(53)54)45(32-41)36-15-9-4-10-16-36;1-46(35-19-17-32(18-20-35)31-11-5-2-6-12-31,36-21-23-40(47-42(49)25-26-43(47)50)38(29-36)33-13-7-3-8-14-33)37-22-24-41(48-44(51)27-28-45(48)52)39(30-37)34-15-9-4-10-16-34/h2-28,31-32H,29-30H2,1H3,(H,51,52)(H,53,54);2-30H,1H3/b27-25+,28-26+;. The summed E-state index contributed by atoms with van der Waals surface area (Å²) in [6.45, 7) is 4.32. The lowest BCUT2D eigenvalue weighted by Crippen LogP contribution is -2.31. The van der Waals surface area contributed by atoms with Gasteiger partial charge in [-0.1, -0.05) is 267 Å². The van der Waals surface area contributed by atoms with Crippen molar-refractivity contribution in [3.05, 3.63) is 396 Å². The van der Waals surface area contributed by atoms with Gasteiger partial charge < -0.3 is 10.2 Å². The van der Waals surface area contributed by atoms with Crippen molar-refractivity contribution in [3.63, 3.8) is 0 Å². The van der Waals surface area contributed by atoms with E-state index in [-0.39, 0.29) is 24.4 Å².